The lowest BCUT2D eigenvalue weighted by molar-refractivity contribution is -0.0504. The minimum absolute atomic E-state index is 0. The fraction of sp³-hybridized carbons (Fsp3) is 0.400. The van der Waals surface area contributed by atoms with Crippen molar-refractivity contribution in [1.82, 2.24) is 15.1 Å². The van der Waals surface area contributed by atoms with Crippen molar-refractivity contribution in [3.63, 3.8) is 0 Å². The molecule has 0 saturated carbocycles. The van der Waals surface area contributed by atoms with Gasteiger partial charge in [-0.1, -0.05) is 18.2 Å². The number of amides is 1. The van der Waals surface area contributed by atoms with Crippen LogP contribution in [-0.2, 0) is 6.54 Å². The number of guanidine groups is 1. The summed E-state index contributed by atoms with van der Waals surface area (Å²) < 4.78 is 34.9. The highest BCUT2D eigenvalue weighted by Gasteiger charge is 2.25. The molecular weight excluding hydrogens is 509 g/mol. The number of hydrogen-bond acceptors (Lipinski definition) is 4. The fourth-order valence-corrected chi connectivity index (χ4v) is 3.11. The molecule has 10 heteroatoms. The standard InChI is InChI=1S/C20H24F2N4O3.HI/c1-2-23-20(24-14-15-6-3-4-7-16(15)29-19(21)22)26-11-9-25(10-12-26)18(27)17-8-5-13-28-17;/h3-8,13,19H,2,9-12,14H2,1H3,(H,23,24);1H. The molecule has 0 aliphatic carbocycles. The smallest absolute Gasteiger partial charge is 0.387 e. The minimum atomic E-state index is -2.88. The molecular formula is C20H25F2IN4O3. The maximum Gasteiger partial charge on any atom is 0.387 e. The van der Waals surface area contributed by atoms with Gasteiger partial charge >= 0.3 is 6.61 Å². The molecule has 1 fully saturated rings. The van der Waals surface area contributed by atoms with Gasteiger partial charge in [-0.3, -0.25) is 4.79 Å². The average molecular weight is 534 g/mol. The van der Waals surface area contributed by atoms with Crippen LogP contribution >= 0.6 is 24.0 Å². The number of hydrogen-bond donors (Lipinski definition) is 1. The molecule has 1 aromatic carbocycles. The van der Waals surface area contributed by atoms with E-state index in [0.29, 0.717) is 50.0 Å². The van der Waals surface area contributed by atoms with Crippen LogP contribution in [0.3, 0.4) is 0 Å². The van der Waals surface area contributed by atoms with Crippen molar-refractivity contribution in [2.45, 2.75) is 20.1 Å². The normalized spacial score (nSPS) is 14.5. The Morgan fingerprint density at radius 3 is 2.50 bits per heavy atom. The summed E-state index contributed by atoms with van der Waals surface area (Å²) in [6, 6.07) is 9.96. The average Bonchev–Trinajstić information content (AvgIpc) is 3.26. The molecule has 1 amide bonds. The molecule has 1 aromatic heterocycles. The first-order valence-corrected chi connectivity index (χ1v) is 9.47. The number of benzene rings is 1. The summed E-state index contributed by atoms with van der Waals surface area (Å²) in [5, 5.41) is 3.22. The van der Waals surface area contributed by atoms with Crippen molar-refractivity contribution in [2.24, 2.45) is 4.99 Å². The van der Waals surface area contributed by atoms with Crippen molar-refractivity contribution in [2.75, 3.05) is 32.7 Å². The van der Waals surface area contributed by atoms with Gasteiger partial charge in [-0.15, -0.1) is 24.0 Å². The lowest BCUT2D eigenvalue weighted by Crippen LogP contribution is -2.53. The highest BCUT2D eigenvalue weighted by Crippen LogP contribution is 2.21. The topological polar surface area (TPSA) is 70.3 Å². The third kappa shape index (κ3) is 6.31. The Kier molecular flexibility index (Phi) is 9.34. The zero-order valence-electron chi connectivity index (χ0n) is 16.6. The van der Waals surface area contributed by atoms with E-state index in [4.69, 9.17) is 4.42 Å². The fourth-order valence-electron chi connectivity index (χ4n) is 3.11. The Balaban J connectivity index is 0.00000320. The molecule has 0 spiro atoms. The first-order valence-electron chi connectivity index (χ1n) is 9.47. The Hall–Kier alpha value is -2.37. The van der Waals surface area contributed by atoms with Crippen LogP contribution in [0.2, 0.25) is 0 Å². The van der Waals surface area contributed by atoms with Crippen LogP contribution in [0.25, 0.3) is 0 Å². The van der Waals surface area contributed by atoms with Crippen LogP contribution in [0.5, 0.6) is 5.75 Å². The monoisotopic (exact) mass is 534 g/mol. The number of ether oxygens (including phenoxy) is 1. The number of nitrogens with one attached hydrogen (secondary N) is 1. The number of rotatable bonds is 6. The third-order valence-corrected chi connectivity index (χ3v) is 4.52. The zero-order valence-corrected chi connectivity index (χ0v) is 18.9. The summed E-state index contributed by atoms with van der Waals surface area (Å²) in [6.45, 7) is 2.23. The Labute approximate surface area is 191 Å². The van der Waals surface area contributed by atoms with Gasteiger partial charge in [0.25, 0.3) is 5.91 Å². The van der Waals surface area contributed by atoms with Gasteiger partial charge in [0.05, 0.1) is 12.8 Å². The van der Waals surface area contributed by atoms with Crippen molar-refractivity contribution in [3.8, 4) is 5.75 Å². The first kappa shape index (κ1) is 23.9. The lowest BCUT2D eigenvalue weighted by Gasteiger charge is -2.36. The predicted octanol–water partition coefficient (Wildman–Crippen LogP) is 3.42. The number of aliphatic imine (C=N–C) groups is 1. The maximum atomic E-state index is 12.6. The number of halogens is 3. The van der Waals surface area contributed by atoms with E-state index in [1.165, 1.54) is 12.3 Å². The summed E-state index contributed by atoms with van der Waals surface area (Å²) in [6.07, 6.45) is 1.48. The number of para-hydroxylation sites is 1. The van der Waals surface area contributed by atoms with Gasteiger partial charge in [0.1, 0.15) is 5.75 Å². The number of alkyl halides is 2. The summed E-state index contributed by atoms with van der Waals surface area (Å²) in [4.78, 5) is 20.8. The van der Waals surface area contributed by atoms with Gasteiger partial charge in [0.2, 0.25) is 0 Å². The molecule has 1 N–H and O–H groups in total. The van der Waals surface area contributed by atoms with Crippen molar-refractivity contribution in [3.05, 3.63) is 54.0 Å². The van der Waals surface area contributed by atoms with Crippen molar-refractivity contribution < 1.29 is 22.7 Å². The summed E-state index contributed by atoms with van der Waals surface area (Å²) >= 11 is 0. The Bertz CT molecular complexity index is 825. The van der Waals surface area contributed by atoms with Crippen LogP contribution in [-0.4, -0.2) is 61.0 Å². The van der Waals surface area contributed by atoms with Gasteiger partial charge in [0, 0.05) is 38.3 Å². The second-order valence-corrected chi connectivity index (χ2v) is 6.41. The zero-order chi connectivity index (χ0) is 20.6. The van der Waals surface area contributed by atoms with E-state index in [0.717, 1.165) is 0 Å². The van der Waals surface area contributed by atoms with E-state index in [9.17, 15) is 13.6 Å². The van der Waals surface area contributed by atoms with Crippen molar-refractivity contribution >= 4 is 35.8 Å². The largest absolute Gasteiger partial charge is 0.459 e. The number of piperazine rings is 1. The van der Waals surface area contributed by atoms with E-state index >= 15 is 0 Å². The van der Waals surface area contributed by atoms with Crippen LogP contribution in [0.4, 0.5) is 8.78 Å². The number of carbonyl (C=O) groups excluding carboxylic acids is 1. The quantitative estimate of drug-likeness (QED) is 0.350. The van der Waals surface area contributed by atoms with Gasteiger partial charge in [-0.2, -0.15) is 8.78 Å². The molecule has 2 heterocycles. The third-order valence-electron chi connectivity index (χ3n) is 4.52. The van der Waals surface area contributed by atoms with E-state index in [2.05, 4.69) is 15.0 Å². The number of nitrogens with zero attached hydrogens (tertiary/aromatic N) is 3. The maximum absolute atomic E-state index is 12.6. The molecule has 0 radical (unpaired) electrons. The minimum Gasteiger partial charge on any atom is -0.459 e. The molecule has 30 heavy (non-hydrogen) atoms. The van der Waals surface area contributed by atoms with Crippen LogP contribution in [0.15, 0.2) is 52.1 Å². The van der Waals surface area contributed by atoms with E-state index in [-0.39, 0.29) is 42.2 Å². The summed E-state index contributed by atoms with van der Waals surface area (Å²) in [5.41, 5.74) is 0.579. The van der Waals surface area contributed by atoms with Crippen LogP contribution in [0, 0.1) is 0 Å². The molecule has 0 atom stereocenters. The highest BCUT2D eigenvalue weighted by atomic mass is 127. The van der Waals surface area contributed by atoms with Crippen LogP contribution < -0.4 is 10.1 Å². The first-order chi connectivity index (χ1) is 14.1. The molecule has 164 valence electrons. The molecule has 1 saturated heterocycles. The van der Waals surface area contributed by atoms with Gasteiger partial charge in [-0.05, 0) is 25.1 Å². The highest BCUT2D eigenvalue weighted by molar-refractivity contribution is 14.0. The second kappa shape index (κ2) is 11.7. The van der Waals surface area contributed by atoms with Gasteiger partial charge < -0.3 is 24.3 Å². The molecule has 1 aliphatic heterocycles. The van der Waals surface area contributed by atoms with E-state index in [1.807, 2.05) is 11.8 Å². The van der Waals surface area contributed by atoms with Crippen molar-refractivity contribution in [1.29, 1.82) is 0 Å². The number of carbonyl (C=O) groups is 1. The predicted molar refractivity (Wildman–Crippen MR) is 119 cm³/mol. The molecule has 0 bridgehead atoms. The molecule has 7 nitrogen and oxygen atoms in total. The summed E-state index contributed by atoms with van der Waals surface area (Å²) in [5.74, 6) is 0.990. The SMILES string of the molecule is CCNC(=NCc1ccccc1OC(F)F)N1CCN(C(=O)c2ccco2)CC1.I. The van der Waals surface area contributed by atoms with Gasteiger partial charge in [0.15, 0.2) is 11.7 Å². The van der Waals surface area contributed by atoms with Crippen LogP contribution in [0.1, 0.15) is 23.0 Å². The Morgan fingerprint density at radius 1 is 1.17 bits per heavy atom. The molecule has 2 aromatic rings. The number of furan rings is 1. The lowest BCUT2D eigenvalue weighted by atomic mass is 10.2. The Morgan fingerprint density at radius 2 is 1.87 bits per heavy atom. The van der Waals surface area contributed by atoms with E-state index < -0.39 is 6.61 Å². The van der Waals surface area contributed by atoms with E-state index in [1.54, 1.807) is 35.2 Å². The second-order valence-electron chi connectivity index (χ2n) is 6.41. The molecule has 3 rings (SSSR count). The molecule has 0 unspecified atom stereocenters. The molecule has 1 aliphatic rings. The summed E-state index contributed by atoms with van der Waals surface area (Å²) in [7, 11) is 0. The van der Waals surface area contributed by atoms with Gasteiger partial charge in [-0.25, -0.2) is 4.99 Å².